The minimum absolute atomic E-state index is 0.227. The molecule has 1 unspecified atom stereocenters. The van der Waals surface area contributed by atoms with Crippen LogP contribution in [0.1, 0.15) is 18.7 Å². The molecule has 0 bridgehead atoms. The van der Waals surface area contributed by atoms with E-state index in [9.17, 15) is 5.11 Å². The van der Waals surface area contributed by atoms with E-state index in [-0.39, 0.29) is 6.61 Å². The zero-order valence-electron chi connectivity index (χ0n) is 14.9. The van der Waals surface area contributed by atoms with Crippen molar-refractivity contribution in [1.82, 2.24) is 9.97 Å². The van der Waals surface area contributed by atoms with Crippen LogP contribution in [0.2, 0.25) is 0 Å². The standard InChI is InChI=1S/C20H23N3O2S/c1-25-12-17-21-19(23-9-5-6-14(10-23)11-24)18-16(13-26-20(18)22-17)15-7-3-2-4-8-15/h2-4,7-8,13-14,24H,5-6,9-12H2,1H3. The Bertz CT molecular complexity index is 881. The van der Waals surface area contributed by atoms with Gasteiger partial charge in [0.15, 0.2) is 5.82 Å². The van der Waals surface area contributed by atoms with Gasteiger partial charge in [-0.2, -0.15) is 0 Å². The fraction of sp³-hybridized carbons (Fsp3) is 0.400. The van der Waals surface area contributed by atoms with Gasteiger partial charge < -0.3 is 14.7 Å². The molecular weight excluding hydrogens is 346 g/mol. The van der Waals surface area contributed by atoms with Crippen molar-refractivity contribution in [2.24, 2.45) is 5.92 Å². The van der Waals surface area contributed by atoms with E-state index in [0.717, 1.165) is 42.0 Å². The number of hydrogen-bond donors (Lipinski definition) is 1. The number of thiophene rings is 1. The number of piperidine rings is 1. The first-order valence-electron chi connectivity index (χ1n) is 8.98. The Morgan fingerprint density at radius 2 is 2.12 bits per heavy atom. The third kappa shape index (κ3) is 3.32. The highest BCUT2D eigenvalue weighted by Gasteiger charge is 2.25. The zero-order chi connectivity index (χ0) is 17.9. The molecule has 2 aromatic heterocycles. The van der Waals surface area contributed by atoms with E-state index in [1.807, 2.05) is 6.07 Å². The van der Waals surface area contributed by atoms with Crippen molar-refractivity contribution in [2.45, 2.75) is 19.4 Å². The van der Waals surface area contributed by atoms with Gasteiger partial charge in [-0.05, 0) is 24.3 Å². The molecule has 0 radical (unpaired) electrons. The summed E-state index contributed by atoms with van der Waals surface area (Å²) < 4.78 is 5.27. The van der Waals surface area contributed by atoms with Crippen LogP contribution in [-0.4, -0.2) is 41.9 Å². The number of aliphatic hydroxyl groups is 1. The van der Waals surface area contributed by atoms with Gasteiger partial charge in [0.25, 0.3) is 0 Å². The Balaban J connectivity index is 1.86. The van der Waals surface area contributed by atoms with E-state index < -0.39 is 0 Å². The molecule has 0 aliphatic carbocycles. The molecule has 1 aliphatic rings. The molecule has 1 aromatic carbocycles. The second-order valence-electron chi connectivity index (χ2n) is 6.73. The molecule has 1 aliphatic heterocycles. The number of benzene rings is 1. The van der Waals surface area contributed by atoms with Crippen LogP contribution >= 0.6 is 11.3 Å². The van der Waals surface area contributed by atoms with Crippen LogP contribution in [0.4, 0.5) is 5.82 Å². The number of nitrogens with zero attached hydrogens (tertiary/aromatic N) is 3. The van der Waals surface area contributed by atoms with Gasteiger partial charge in [-0.1, -0.05) is 30.3 Å². The van der Waals surface area contributed by atoms with Gasteiger partial charge in [-0.25, -0.2) is 9.97 Å². The lowest BCUT2D eigenvalue weighted by Gasteiger charge is -2.33. The van der Waals surface area contributed by atoms with Gasteiger partial charge in [-0.15, -0.1) is 11.3 Å². The number of fused-ring (bicyclic) bond motifs is 1. The van der Waals surface area contributed by atoms with Crippen LogP contribution in [0.3, 0.4) is 0 Å². The number of methoxy groups -OCH3 is 1. The van der Waals surface area contributed by atoms with E-state index in [2.05, 4.69) is 34.5 Å². The lowest BCUT2D eigenvalue weighted by atomic mass is 9.98. The van der Waals surface area contributed by atoms with E-state index >= 15 is 0 Å². The van der Waals surface area contributed by atoms with Crippen LogP contribution in [0.15, 0.2) is 35.7 Å². The molecule has 3 heterocycles. The quantitative estimate of drug-likeness (QED) is 0.743. The summed E-state index contributed by atoms with van der Waals surface area (Å²) in [6.45, 7) is 2.42. The highest BCUT2D eigenvalue weighted by molar-refractivity contribution is 7.17. The smallest absolute Gasteiger partial charge is 0.158 e. The fourth-order valence-electron chi connectivity index (χ4n) is 3.63. The van der Waals surface area contributed by atoms with Crippen molar-refractivity contribution >= 4 is 27.4 Å². The molecule has 0 amide bonds. The number of anilines is 1. The summed E-state index contributed by atoms with van der Waals surface area (Å²) in [5.41, 5.74) is 2.36. The van der Waals surface area contributed by atoms with Crippen molar-refractivity contribution in [1.29, 1.82) is 0 Å². The Labute approximate surface area is 157 Å². The predicted octanol–water partition coefficient (Wildman–Crippen LogP) is 3.71. The Hall–Kier alpha value is -2.02. The Kier molecular flexibility index (Phi) is 5.15. The normalized spacial score (nSPS) is 17.8. The SMILES string of the molecule is COCc1nc(N2CCCC(CO)C2)c2c(-c3ccccc3)csc2n1. The molecule has 26 heavy (non-hydrogen) atoms. The van der Waals surface area contributed by atoms with Gasteiger partial charge in [0.2, 0.25) is 0 Å². The van der Waals surface area contributed by atoms with E-state index in [1.165, 1.54) is 11.1 Å². The molecule has 1 atom stereocenters. The second-order valence-corrected chi connectivity index (χ2v) is 7.59. The first kappa shape index (κ1) is 17.4. The van der Waals surface area contributed by atoms with E-state index in [0.29, 0.717) is 18.3 Å². The predicted molar refractivity (Wildman–Crippen MR) is 106 cm³/mol. The summed E-state index contributed by atoms with van der Waals surface area (Å²) in [4.78, 5) is 12.9. The minimum atomic E-state index is 0.227. The van der Waals surface area contributed by atoms with Crippen molar-refractivity contribution in [3.05, 3.63) is 41.5 Å². The third-order valence-corrected chi connectivity index (χ3v) is 5.77. The number of hydrogen-bond acceptors (Lipinski definition) is 6. The number of ether oxygens (including phenoxy) is 1. The van der Waals surface area contributed by atoms with Crippen LogP contribution in [0.5, 0.6) is 0 Å². The Morgan fingerprint density at radius 1 is 1.27 bits per heavy atom. The molecular formula is C20H23N3O2S. The van der Waals surface area contributed by atoms with Crippen LogP contribution in [-0.2, 0) is 11.3 Å². The summed E-state index contributed by atoms with van der Waals surface area (Å²) in [6.07, 6.45) is 2.14. The molecule has 0 spiro atoms. The van der Waals surface area contributed by atoms with Crippen molar-refractivity contribution in [2.75, 3.05) is 31.7 Å². The number of rotatable bonds is 5. The summed E-state index contributed by atoms with van der Waals surface area (Å²) >= 11 is 1.65. The summed E-state index contributed by atoms with van der Waals surface area (Å²) in [6, 6.07) is 10.4. The first-order valence-corrected chi connectivity index (χ1v) is 9.86. The Morgan fingerprint density at radius 3 is 2.88 bits per heavy atom. The van der Waals surface area contributed by atoms with E-state index in [1.54, 1.807) is 18.4 Å². The average molecular weight is 369 g/mol. The largest absolute Gasteiger partial charge is 0.396 e. The van der Waals surface area contributed by atoms with Gasteiger partial charge in [-0.3, -0.25) is 0 Å². The average Bonchev–Trinajstić information content (AvgIpc) is 3.12. The van der Waals surface area contributed by atoms with Crippen molar-refractivity contribution in [3.8, 4) is 11.1 Å². The minimum Gasteiger partial charge on any atom is -0.396 e. The lowest BCUT2D eigenvalue weighted by molar-refractivity contribution is 0.178. The van der Waals surface area contributed by atoms with Gasteiger partial charge >= 0.3 is 0 Å². The monoisotopic (exact) mass is 369 g/mol. The molecule has 4 rings (SSSR count). The molecule has 1 N–H and O–H groups in total. The van der Waals surface area contributed by atoms with Crippen LogP contribution in [0.25, 0.3) is 21.3 Å². The highest BCUT2D eigenvalue weighted by atomic mass is 32.1. The summed E-state index contributed by atoms with van der Waals surface area (Å²) in [5.74, 6) is 1.99. The van der Waals surface area contributed by atoms with Crippen LogP contribution < -0.4 is 4.90 Å². The fourth-order valence-corrected chi connectivity index (χ4v) is 4.59. The molecule has 5 nitrogen and oxygen atoms in total. The van der Waals surface area contributed by atoms with Crippen molar-refractivity contribution in [3.63, 3.8) is 0 Å². The zero-order valence-corrected chi connectivity index (χ0v) is 15.7. The maximum atomic E-state index is 9.62. The number of aliphatic hydroxyl groups excluding tert-OH is 1. The van der Waals surface area contributed by atoms with E-state index in [4.69, 9.17) is 14.7 Å². The first-order chi connectivity index (χ1) is 12.8. The maximum absolute atomic E-state index is 9.62. The topological polar surface area (TPSA) is 58.5 Å². The van der Waals surface area contributed by atoms with Crippen molar-refractivity contribution < 1.29 is 9.84 Å². The number of aromatic nitrogens is 2. The summed E-state index contributed by atoms with van der Waals surface area (Å²) in [5, 5.41) is 12.9. The molecule has 6 heteroatoms. The molecule has 1 saturated heterocycles. The lowest BCUT2D eigenvalue weighted by Crippen LogP contribution is -2.37. The third-order valence-electron chi connectivity index (χ3n) is 4.90. The molecule has 3 aromatic rings. The highest BCUT2D eigenvalue weighted by Crippen LogP contribution is 2.39. The van der Waals surface area contributed by atoms with Gasteiger partial charge in [0.1, 0.15) is 17.3 Å². The second kappa shape index (κ2) is 7.70. The molecule has 0 saturated carbocycles. The summed E-state index contributed by atoms with van der Waals surface area (Å²) in [7, 11) is 1.67. The van der Waals surface area contributed by atoms with Gasteiger partial charge in [0.05, 0.1) is 5.39 Å². The van der Waals surface area contributed by atoms with Crippen LogP contribution in [0, 0.1) is 5.92 Å². The molecule has 136 valence electrons. The molecule has 1 fully saturated rings. The maximum Gasteiger partial charge on any atom is 0.158 e. The van der Waals surface area contributed by atoms with Gasteiger partial charge in [0, 0.05) is 37.7 Å².